The first kappa shape index (κ1) is 23.6. The van der Waals surface area contributed by atoms with Crippen molar-refractivity contribution in [1.82, 2.24) is 0 Å². The van der Waals surface area contributed by atoms with Crippen LogP contribution in [0.5, 0.6) is 11.5 Å². The molecule has 0 atom stereocenters. The summed E-state index contributed by atoms with van der Waals surface area (Å²) < 4.78 is 76.8. The van der Waals surface area contributed by atoms with Crippen LogP contribution in [0.15, 0.2) is 41.3 Å². The number of hydrogen-bond acceptors (Lipinski definition) is 5. The first-order valence-electron chi connectivity index (χ1n) is 8.45. The highest BCUT2D eigenvalue weighted by Crippen LogP contribution is 2.36. The molecule has 7 nitrogen and oxygen atoms in total. The summed E-state index contributed by atoms with van der Waals surface area (Å²) in [4.78, 5) is 10.2. The Morgan fingerprint density at radius 3 is 2.37 bits per heavy atom. The zero-order valence-electron chi connectivity index (χ0n) is 15.5. The summed E-state index contributed by atoms with van der Waals surface area (Å²) in [6.07, 6.45) is -4.13. The number of rotatable bonds is 9. The van der Waals surface area contributed by atoms with Crippen molar-refractivity contribution in [2.24, 2.45) is 0 Å². The summed E-state index contributed by atoms with van der Waals surface area (Å²) in [6.45, 7) is 1.26. The van der Waals surface area contributed by atoms with E-state index in [2.05, 4.69) is 4.72 Å². The zero-order valence-corrected chi connectivity index (χ0v) is 17.1. The molecule has 164 valence electrons. The second-order valence-corrected chi connectivity index (χ2v) is 8.03. The van der Waals surface area contributed by atoms with E-state index in [0.29, 0.717) is 12.5 Å². The molecule has 0 spiro atoms. The molecule has 2 rings (SSSR count). The molecule has 0 fully saturated rings. The molecule has 0 aliphatic rings. The van der Waals surface area contributed by atoms with Crippen molar-refractivity contribution in [2.45, 2.75) is 24.4 Å². The predicted octanol–water partition coefficient (Wildman–Crippen LogP) is 4.41. The van der Waals surface area contributed by atoms with Crippen LogP contribution in [0.3, 0.4) is 0 Å². The number of halogens is 4. The maximum atomic E-state index is 13.0. The Bertz CT molecular complexity index is 1030. The van der Waals surface area contributed by atoms with Crippen molar-refractivity contribution in [2.75, 3.05) is 17.9 Å². The number of hydrogen-bond donors (Lipinski definition) is 2. The van der Waals surface area contributed by atoms with E-state index in [1.54, 1.807) is 6.92 Å². The highest BCUT2D eigenvalue weighted by Gasteiger charge is 2.32. The predicted molar refractivity (Wildman–Crippen MR) is 103 cm³/mol. The minimum Gasteiger partial charge on any atom is -0.491 e. The quantitative estimate of drug-likeness (QED) is 0.566. The van der Waals surface area contributed by atoms with Gasteiger partial charge in [0.1, 0.15) is 11.5 Å². The number of ether oxygens (including phenoxy) is 2. The lowest BCUT2D eigenvalue weighted by Crippen LogP contribution is -2.16. The molecular weight excluding hydrogens is 451 g/mol. The van der Waals surface area contributed by atoms with Crippen molar-refractivity contribution in [1.29, 1.82) is 0 Å². The Balaban J connectivity index is 2.37. The van der Waals surface area contributed by atoms with Crippen LogP contribution in [0.1, 0.15) is 18.9 Å². The van der Waals surface area contributed by atoms with Gasteiger partial charge in [-0.1, -0.05) is 18.5 Å². The maximum absolute atomic E-state index is 13.0. The molecule has 0 heterocycles. The van der Waals surface area contributed by atoms with Gasteiger partial charge in [0, 0.05) is 0 Å². The number of carboxylic acid groups (broad SMARTS) is 1. The van der Waals surface area contributed by atoms with Gasteiger partial charge in [-0.05, 0) is 42.8 Å². The lowest BCUT2D eigenvalue weighted by molar-refractivity contribution is -0.139. The van der Waals surface area contributed by atoms with Gasteiger partial charge in [-0.15, -0.1) is 0 Å². The van der Waals surface area contributed by atoms with Crippen LogP contribution in [0, 0.1) is 0 Å². The Morgan fingerprint density at radius 1 is 1.13 bits per heavy atom. The molecule has 0 saturated heterocycles. The number of anilines is 1. The van der Waals surface area contributed by atoms with Gasteiger partial charge in [0.05, 0.1) is 27.8 Å². The second kappa shape index (κ2) is 9.43. The van der Waals surface area contributed by atoms with Crippen LogP contribution in [0.2, 0.25) is 5.02 Å². The fraction of sp³-hybridized carbons (Fsp3) is 0.278. The molecule has 0 amide bonds. The molecule has 0 aliphatic heterocycles. The van der Waals surface area contributed by atoms with E-state index in [1.807, 2.05) is 0 Å². The van der Waals surface area contributed by atoms with E-state index in [1.165, 1.54) is 0 Å². The van der Waals surface area contributed by atoms with Crippen molar-refractivity contribution >= 4 is 33.3 Å². The largest absolute Gasteiger partial charge is 0.491 e. The van der Waals surface area contributed by atoms with Crippen LogP contribution in [0.4, 0.5) is 18.9 Å². The second-order valence-electron chi connectivity index (χ2n) is 5.94. The van der Waals surface area contributed by atoms with Gasteiger partial charge in [-0.2, -0.15) is 13.2 Å². The fourth-order valence-corrected chi connectivity index (χ4v) is 3.62. The van der Waals surface area contributed by atoms with Crippen LogP contribution >= 0.6 is 11.6 Å². The van der Waals surface area contributed by atoms with Gasteiger partial charge in [-0.25, -0.2) is 13.2 Å². The Labute approximate surface area is 175 Å². The minimum absolute atomic E-state index is 0.0657. The number of sulfonamides is 1. The zero-order chi connectivity index (χ0) is 22.5. The third-order valence-electron chi connectivity index (χ3n) is 3.58. The summed E-state index contributed by atoms with van der Waals surface area (Å²) >= 11 is 5.92. The van der Waals surface area contributed by atoms with Crippen molar-refractivity contribution in [3.8, 4) is 11.5 Å². The SMILES string of the molecule is CCCOc1ccc(C(F)(F)F)cc1NS(=O)(=O)c1ccc(OCC(=O)O)c(Cl)c1. The number of nitrogens with one attached hydrogen (secondary N) is 1. The molecule has 12 heteroatoms. The number of carbonyl (C=O) groups is 1. The van der Waals surface area contributed by atoms with E-state index in [0.717, 1.165) is 30.3 Å². The number of alkyl halides is 3. The summed E-state index contributed by atoms with van der Waals surface area (Å²) in [6, 6.07) is 5.65. The highest BCUT2D eigenvalue weighted by atomic mass is 35.5. The van der Waals surface area contributed by atoms with E-state index < -0.39 is 34.3 Å². The van der Waals surface area contributed by atoms with Gasteiger partial charge in [0.25, 0.3) is 10.0 Å². The molecule has 0 aromatic heterocycles. The Hall–Kier alpha value is -2.66. The molecule has 0 saturated carbocycles. The normalized spacial score (nSPS) is 11.8. The van der Waals surface area contributed by atoms with Gasteiger partial charge >= 0.3 is 12.1 Å². The average molecular weight is 468 g/mol. The van der Waals surface area contributed by atoms with Crippen LogP contribution in [0.25, 0.3) is 0 Å². The summed E-state index contributed by atoms with van der Waals surface area (Å²) in [5.41, 5.74) is -1.44. The summed E-state index contributed by atoms with van der Waals surface area (Å²) in [7, 11) is -4.35. The first-order valence-corrected chi connectivity index (χ1v) is 10.3. The third-order valence-corrected chi connectivity index (χ3v) is 5.24. The standard InChI is InChI=1S/C18H17ClF3NO6S/c1-2-7-28-16-5-3-11(18(20,21)22)8-14(16)23-30(26,27)12-4-6-15(13(19)9-12)29-10-17(24)25/h3-6,8-9,23H,2,7,10H2,1H3,(H,24,25). The summed E-state index contributed by atoms with van der Waals surface area (Å²) in [5.74, 6) is -1.39. The van der Waals surface area contributed by atoms with Crippen LogP contribution in [-0.2, 0) is 21.0 Å². The van der Waals surface area contributed by atoms with Crippen molar-refractivity contribution in [3.05, 3.63) is 47.0 Å². The molecule has 30 heavy (non-hydrogen) atoms. The molecule has 2 aromatic rings. The van der Waals surface area contributed by atoms with E-state index in [9.17, 15) is 26.4 Å². The van der Waals surface area contributed by atoms with Gasteiger partial charge in [0.15, 0.2) is 6.61 Å². The highest BCUT2D eigenvalue weighted by molar-refractivity contribution is 7.92. The van der Waals surface area contributed by atoms with Gasteiger partial charge < -0.3 is 14.6 Å². The third kappa shape index (κ3) is 6.17. The van der Waals surface area contributed by atoms with E-state index in [-0.39, 0.29) is 33.7 Å². The smallest absolute Gasteiger partial charge is 0.416 e. The lowest BCUT2D eigenvalue weighted by Gasteiger charge is -2.16. The van der Waals surface area contributed by atoms with Crippen LogP contribution < -0.4 is 14.2 Å². The van der Waals surface area contributed by atoms with Crippen molar-refractivity contribution in [3.63, 3.8) is 0 Å². The summed E-state index contributed by atoms with van der Waals surface area (Å²) in [5, 5.41) is 8.43. The monoisotopic (exact) mass is 467 g/mol. The topological polar surface area (TPSA) is 102 Å². The van der Waals surface area contributed by atoms with E-state index >= 15 is 0 Å². The number of carboxylic acids is 1. The molecule has 0 radical (unpaired) electrons. The molecule has 2 N–H and O–H groups in total. The maximum Gasteiger partial charge on any atom is 0.416 e. The molecule has 0 aliphatic carbocycles. The molecule has 0 unspecified atom stereocenters. The Morgan fingerprint density at radius 2 is 1.80 bits per heavy atom. The Kier molecular flexibility index (Phi) is 7.43. The molecule has 2 aromatic carbocycles. The van der Waals surface area contributed by atoms with Gasteiger partial charge in [0.2, 0.25) is 0 Å². The van der Waals surface area contributed by atoms with Crippen LogP contribution in [-0.4, -0.2) is 32.7 Å². The first-order chi connectivity index (χ1) is 13.9. The van der Waals surface area contributed by atoms with Gasteiger partial charge in [-0.3, -0.25) is 4.72 Å². The average Bonchev–Trinajstić information content (AvgIpc) is 2.64. The minimum atomic E-state index is -4.68. The van der Waals surface area contributed by atoms with E-state index in [4.69, 9.17) is 26.2 Å². The number of aliphatic carboxylic acids is 1. The number of benzene rings is 2. The molecular formula is C18H17ClF3NO6S. The lowest BCUT2D eigenvalue weighted by atomic mass is 10.2. The van der Waals surface area contributed by atoms with Crippen molar-refractivity contribution < 1.29 is 41.0 Å². The molecule has 0 bridgehead atoms. The fourth-order valence-electron chi connectivity index (χ4n) is 2.23.